The van der Waals surface area contributed by atoms with Crippen LogP contribution in [0.15, 0.2) is 24.3 Å². The molecule has 0 saturated carbocycles. The highest BCUT2D eigenvalue weighted by Gasteiger charge is 2.56. The van der Waals surface area contributed by atoms with Crippen molar-refractivity contribution in [3.63, 3.8) is 0 Å². The lowest BCUT2D eigenvalue weighted by Gasteiger charge is -2.29. The zero-order valence-corrected chi connectivity index (χ0v) is 12.7. The Labute approximate surface area is 131 Å². The van der Waals surface area contributed by atoms with Gasteiger partial charge in [0.25, 0.3) is 11.6 Å². The lowest BCUT2D eigenvalue weighted by Crippen LogP contribution is -2.54. The summed E-state index contributed by atoms with van der Waals surface area (Å²) in [6.07, 6.45) is 0. The van der Waals surface area contributed by atoms with Crippen molar-refractivity contribution in [2.24, 2.45) is 0 Å². The highest BCUT2D eigenvalue weighted by Crippen LogP contribution is 2.33. The molecule has 2 N–H and O–H groups in total. The topological polar surface area (TPSA) is 130 Å². The fourth-order valence-corrected chi connectivity index (χ4v) is 2.35. The molecule has 1 aliphatic heterocycles. The van der Waals surface area contributed by atoms with Crippen LogP contribution >= 0.6 is 0 Å². The fourth-order valence-electron chi connectivity index (χ4n) is 2.35. The molecule has 0 aliphatic carbocycles. The van der Waals surface area contributed by atoms with Gasteiger partial charge in [0.2, 0.25) is 0 Å². The number of carboxylic acid groups (broad SMARTS) is 1. The van der Waals surface area contributed by atoms with Crippen LogP contribution in [0, 0.1) is 10.1 Å². The van der Waals surface area contributed by atoms with E-state index in [9.17, 15) is 29.6 Å². The number of carbonyl (C=O) groups excluding carboxylic acids is 2. The molecule has 1 aromatic carbocycles. The number of urea groups is 1. The number of nitrogens with one attached hydrogen (secondary N) is 1. The van der Waals surface area contributed by atoms with Gasteiger partial charge in [-0.15, -0.1) is 0 Å². The number of non-ortho nitro benzene ring substituents is 1. The van der Waals surface area contributed by atoms with E-state index >= 15 is 0 Å². The standard InChI is InChI=1S/C14H15N3O6/c1-13(2,11(19)20)16-10(18)14(3,15-12(16)21)8-4-6-9(7-5-8)17(22)23/h4-7H,1-3H3,(H,15,21)(H,19,20). The summed E-state index contributed by atoms with van der Waals surface area (Å²) >= 11 is 0. The normalized spacial score (nSPS) is 21.3. The zero-order chi connectivity index (χ0) is 17.6. The Morgan fingerprint density at radius 1 is 1.30 bits per heavy atom. The first-order chi connectivity index (χ1) is 10.5. The summed E-state index contributed by atoms with van der Waals surface area (Å²) in [6.45, 7) is 3.91. The summed E-state index contributed by atoms with van der Waals surface area (Å²) in [4.78, 5) is 46.8. The number of nitro benzene ring substituents is 1. The average Bonchev–Trinajstić information content (AvgIpc) is 2.70. The van der Waals surface area contributed by atoms with Gasteiger partial charge in [0.05, 0.1) is 4.92 Å². The average molecular weight is 321 g/mol. The number of carbonyl (C=O) groups is 3. The highest BCUT2D eigenvalue weighted by atomic mass is 16.6. The number of carboxylic acids is 1. The molecule has 0 radical (unpaired) electrons. The van der Waals surface area contributed by atoms with Gasteiger partial charge in [-0.2, -0.15) is 0 Å². The third-order valence-electron chi connectivity index (χ3n) is 3.93. The minimum Gasteiger partial charge on any atom is -0.480 e. The summed E-state index contributed by atoms with van der Waals surface area (Å²) in [5.41, 5.74) is -3.04. The van der Waals surface area contributed by atoms with Crippen molar-refractivity contribution in [1.29, 1.82) is 0 Å². The second-order valence-corrected chi connectivity index (χ2v) is 5.86. The molecule has 3 amide bonds. The van der Waals surface area contributed by atoms with E-state index in [4.69, 9.17) is 0 Å². The molecule has 2 rings (SSSR count). The van der Waals surface area contributed by atoms with Gasteiger partial charge >= 0.3 is 12.0 Å². The van der Waals surface area contributed by atoms with E-state index in [1.54, 1.807) is 0 Å². The number of rotatable bonds is 4. The molecule has 1 aromatic rings. The number of amides is 3. The smallest absolute Gasteiger partial charge is 0.329 e. The summed E-state index contributed by atoms with van der Waals surface area (Å²) in [5.74, 6) is -2.06. The van der Waals surface area contributed by atoms with Crippen molar-refractivity contribution in [1.82, 2.24) is 10.2 Å². The SMILES string of the molecule is CC1(c2ccc([N+](=O)[O-])cc2)NC(=O)N(C(C)(C)C(=O)O)C1=O. The van der Waals surface area contributed by atoms with Crippen molar-refractivity contribution in [2.45, 2.75) is 31.8 Å². The monoisotopic (exact) mass is 321 g/mol. The number of nitro groups is 1. The Morgan fingerprint density at radius 3 is 2.26 bits per heavy atom. The molecule has 122 valence electrons. The Bertz CT molecular complexity index is 712. The minimum absolute atomic E-state index is 0.156. The summed E-state index contributed by atoms with van der Waals surface area (Å²) < 4.78 is 0. The van der Waals surface area contributed by atoms with Crippen molar-refractivity contribution in [2.75, 3.05) is 0 Å². The quantitative estimate of drug-likeness (QED) is 0.487. The molecule has 1 atom stereocenters. The van der Waals surface area contributed by atoms with Gasteiger partial charge in [0.1, 0.15) is 11.1 Å². The number of nitrogens with zero attached hydrogens (tertiary/aromatic N) is 2. The first kappa shape index (κ1) is 16.4. The molecule has 1 unspecified atom stereocenters. The Hall–Kier alpha value is -2.97. The van der Waals surface area contributed by atoms with Gasteiger partial charge in [-0.1, -0.05) is 0 Å². The van der Waals surface area contributed by atoms with Crippen LogP contribution in [0.4, 0.5) is 10.5 Å². The van der Waals surface area contributed by atoms with Gasteiger partial charge < -0.3 is 10.4 Å². The predicted octanol–water partition coefficient (Wildman–Crippen LogP) is 1.22. The predicted molar refractivity (Wildman–Crippen MR) is 77.5 cm³/mol. The first-order valence-electron chi connectivity index (χ1n) is 6.67. The van der Waals surface area contributed by atoms with Crippen LogP contribution in [-0.2, 0) is 15.1 Å². The minimum atomic E-state index is -1.72. The summed E-state index contributed by atoms with van der Waals surface area (Å²) in [5, 5.41) is 22.4. The summed E-state index contributed by atoms with van der Waals surface area (Å²) in [6, 6.07) is 4.31. The van der Waals surface area contributed by atoms with E-state index in [2.05, 4.69) is 5.32 Å². The van der Waals surface area contributed by atoms with Gasteiger partial charge in [-0.3, -0.25) is 14.9 Å². The molecule has 1 fully saturated rings. The van der Waals surface area contributed by atoms with E-state index in [-0.39, 0.29) is 5.69 Å². The van der Waals surface area contributed by atoms with Crippen LogP contribution in [-0.4, -0.2) is 38.4 Å². The van der Waals surface area contributed by atoms with Gasteiger partial charge in [0, 0.05) is 12.1 Å². The Kier molecular flexibility index (Phi) is 3.60. The maximum atomic E-state index is 12.7. The largest absolute Gasteiger partial charge is 0.480 e. The van der Waals surface area contributed by atoms with Crippen LogP contribution < -0.4 is 5.32 Å². The van der Waals surface area contributed by atoms with E-state index in [1.165, 1.54) is 45.0 Å². The summed E-state index contributed by atoms with van der Waals surface area (Å²) in [7, 11) is 0. The first-order valence-corrected chi connectivity index (χ1v) is 6.67. The van der Waals surface area contributed by atoms with Crippen LogP contribution in [0.25, 0.3) is 0 Å². The van der Waals surface area contributed by atoms with Crippen LogP contribution in [0.3, 0.4) is 0 Å². The Balaban J connectivity index is 2.44. The molecule has 1 aliphatic rings. The zero-order valence-electron chi connectivity index (χ0n) is 12.7. The van der Waals surface area contributed by atoms with Gasteiger partial charge in [0.15, 0.2) is 0 Å². The molecule has 23 heavy (non-hydrogen) atoms. The number of hydrogen-bond donors (Lipinski definition) is 2. The Morgan fingerprint density at radius 2 is 1.83 bits per heavy atom. The maximum Gasteiger partial charge on any atom is 0.329 e. The lowest BCUT2D eigenvalue weighted by molar-refractivity contribution is -0.384. The van der Waals surface area contributed by atoms with E-state index in [1.807, 2.05) is 0 Å². The maximum absolute atomic E-state index is 12.7. The molecule has 1 saturated heterocycles. The molecule has 0 bridgehead atoms. The molecular formula is C14H15N3O6. The van der Waals surface area contributed by atoms with Crippen LogP contribution in [0.2, 0.25) is 0 Å². The second-order valence-electron chi connectivity index (χ2n) is 5.86. The highest BCUT2D eigenvalue weighted by molar-refractivity contribution is 6.10. The van der Waals surface area contributed by atoms with Gasteiger partial charge in [-0.25, -0.2) is 14.5 Å². The number of aliphatic carboxylic acids is 1. The van der Waals surface area contributed by atoms with Crippen molar-refractivity contribution < 1.29 is 24.4 Å². The number of imide groups is 1. The van der Waals surface area contributed by atoms with E-state index in [0.717, 1.165) is 0 Å². The molecule has 9 heteroatoms. The van der Waals surface area contributed by atoms with Crippen LogP contribution in [0.5, 0.6) is 0 Å². The van der Waals surface area contributed by atoms with Crippen LogP contribution in [0.1, 0.15) is 26.3 Å². The molecule has 0 aromatic heterocycles. The molecular weight excluding hydrogens is 306 g/mol. The van der Waals surface area contributed by atoms with Crippen molar-refractivity contribution in [3.05, 3.63) is 39.9 Å². The fraction of sp³-hybridized carbons (Fsp3) is 0.357. The number of hydrogen-bond acceptors (Lipinski definition) is 5. The third kappa shape index (κ3) is 2.39. The number of benzene rings is 1. The second kappa shape index (κ2) is 5.04. The lowest BCUT2D eigenvalue weighted by atomic mass is 9.90. The third-order valence-corrected chi connectivity index (χ3v) is 3.93. The molecule has 9 nitrogen and oxygen atoms in total. The molecule has 0 spiro atoms. The van der Waals surface area contributed by atoms with Crippen molar-refractivity contribution >= 4 is 23.6 Å². The molecule has 1 heterocycles. The van der Waals surface area contributed by atoms with Crippen molar-refractivity contribution in [3.8, 4) is 0 Å². The van der Waals surface area contributed by atoms with E-state index < -0.39 is 33.9 Å². The van der Waals surface area contributed by atoms with Gasteiger partial charge in [-0.05, 0) is 38.5 Å². The van der Waals surface area contributed by atoms with E-state index in [0.29, 0.717) is 10.5 Å².